The molecule has 20 heavy (non-hydrogen) atoms. The van der Waals surface area contributed by atoms with Crippen LogP contribution in [-0.4, -0.2) is 29.3 Å². The zero-order valence-corrected chi connectivity index (χ0v) is 11.6. The summed E-state index contributed by atoms with van der Waals surface area (Å²) >= 11 is 0. The second-order valence-corrected chi connectivity index (χ2v) is 4.65. The first-order valence-corrected chi connectivity index (χ1v) is 6.36. The molecule has 1 aromatic carbocycles. The van der Waals surface area contributed by atoms with E-state index in [1.54, 1.807) is 27.3 Å². The molecule has 5 heteroatoms. The zero-order valence-electron chi connectivity index (χ0n) is 11.6. The molecule has 3 rings (SSSR count). The fourth-order valence-corrected chi connectivity index (χ4v) is 2.54. The Morgan fingerprint density at radius 2 is 1.90 bits per heavy atom. The Kier molecular flexibility index (Phi) is 2.99. The summed E-state index contributed by atoms with van der Waals surface area (Å²) in [7, 11) is 3.24. The number of hydrogen-bond donors (Lipinski definition) is 2. The number of benzene rings is 1. The molecule has 0 saturated heterocycles. The molecule has 0 aliphatic heterocycles. The third kappa shape index (κ3) is 1.71. The molecule has 2 heterocycles. The molecule has 0 fully saturated rings. The summed E-state index contributed by atoms with van der Waals surface area (Å²) < 4.78 is 10.8. The number of para-hydroxylation sites is 1. The maximum Gasteiger partial charge on any atom is 0.147 e. The third-order valence-corrected chi connectivity index (χ3v) is 3.45. The molecule has 2 aromatic heterocycles. The second kappa shape index (κ2) is 4.68. The van der Waals surface area contributed by atoms with Crippen molar-refractivity contribution in [2.24, 2.45) is 0 Å². The average molecular weight is 272 g/mol. The molecule has 5 nitrogen and oxygen atoms in total. The van der Waals surface area contributed by atoms with Crippen molar-refractivity contribution >= 4 is 21.8 Å². The first-order valence-electron chi connectivity index (χ1n) is 6.36. The number of aromatic nitrogens is 2. The van der Waals surface area contributed by atoms with E-state index in [1.807, 2.05) is 18.2 Å². The van der Waals surface area contributed by atoms with Gasteiger partial charge in [-0.3, -0.25) is 4.98 Å². The number of aliphatic hydroxyl groups is 1. The van der Waals surface area contributed by atoms with Crippen molar-refractivity contribution < 1.29 is 14.6 Å². The highest BCUT2D eigenvalue weighted by Gasteiger charge is 2.18. The van der Waals surface area contributed by atoms with Gasteiger partial charge >= 0.3 is 0 Å². The van der Waals surface area contributed by atoms with Gasteiger partial charge in [0.1, 0.15) is 11.5 Å². The van der Waals surface area contributed by atoms with Gasteiger partial charge < -0.3 is 19.6 Å². The van der Waals surface area contributed by atoms with Crippen molar-refractivity contribution in [2.75, 3.05) is 14.2 Å². The molecule has 104 valence electrons. The van der Waals surface area contributed by atoms with E-state index in [0.717, 1.165) is 27.6 Å². The van der Waals surface area contributed by atoms with Gasteiger partial charge in [-0.15, -0.1) is 0 Å². The van der Waals surface area contributed by atoms with Crippen molar-refractivity contribution in [3.63, 3.8) is 0 Å². The van der Waals surface area contributed by atoms with Crippen LogP contribution in [0.5, 0.6) is 11.5 Å². The minimum Gasteiger partial charge on any atom is -0.495 e. The summed E-state index contributed by atoms with van der Waals surface area (Å²) in [5.74, 6) is 1.42. The van der Waals surface area contributed by atoms with Crippen LogP contribution in [0.4, 0.5) is 0 Å². The molecule has 1 atom stereocenters. The van der Waals surface area contributed by atoms with E-state index in [9.17, 15) is 5.11 Å². The quantitative estimate of drug-likeness (QED) is 0.769. The Morgan fingerprint density at radius 1 is 1.15 bits per heavy atom. The Balaban J connectivity index is 2.50. The molecule has 1 unspecified atom stereocenters. The van der Waals surface area contributed by atoms with Gasteiger partial charge in [-0.1, -0.05) is 12.1 Å². The molecular formula is C15H16N2O3. The molecule has 0 aliphatic carbocycles. The Bertz CT molecular complexity index is 777. The second-order valence-electron chi connectivity index (χ2n) is 4.65. The van der Waals surface area contributed by atoms with Crippen LogP contribution in [0.15, 0.2) is 24.4 Å². The molecule has 2 N–H and O–H groups in total. The van der Waals surface area contributed by atoms with E-state index in [0.29, 0.717) is 11.4 Å². The number of H-pyrrole nitrogens is 1. The van der Waals surface area contributed by atoms with Crippen molar-refractivity contribution in [2.45, 2.75) is 13.0 Å². The number of aromatic amines is 1. The Hall–Kier alpha value is -2.27. The summed E-state index contributed by atoms with van der Waals surface area (Å²) in [5.41, 5.74) is 2.25. The van der Waals surface area contributed by atoms with Crippen LogP contribution in [0, 0.1) is 0 Å². The summed E-state index contributed by atoms with van der Waals surface area (Å²) in [4.78, 5) is 7.58. The number of aliphatic hydroxyl groups excluding tert-OH is 1. The van der Waals surface area contributed by atoms with Crippen LogP contribution in [-0.2, 0) is 0 Å². The summed E-state index contributed by atoms with van der Waals surface area (Å²) in [6, 6.07) is 5.81. The maximum atomic E-state index is 9.88. The van der Waals surface area contributed by atoms with Crippen LogP contribution in [0.25, 0.3) is 21.8 Å². The van der Waals surface area contributed by atoms with E-state index in [2.05, 4.69) is 9.97 Å². The summed E-state index contributed by atoms with van der Waals surface area (Å²) in [6.45, 7) is 1.69. The zero-order chi connectivity index (χ0) is 14.3. The highest BCUT2D eigenvalue weighted by molar-refractivity contribution is 6.12. The largest absolute Gasteiger partial charge is 0.495 e. The average Bonchev–Trinajstić information content (AvgIpc) is 2.85. The predicted molar refractivity (Wildman–Crippen MR) is 77.3 cm³/mol. The van der Waals surface area contributed by atoms with Gasteiger partial charge in [0.15, 0.2) is 0 Å². The Morgan fingerprint density at radius 3 is 2.55 bits per heavy atom. The van der Waals surface area contributed by atoms with Gasteiger partial charge in [0, 0.05) is 5.39 Å². The lowest BCUT2D eigenvalue weighted by Gasteiger charge is -2.08. The number of fused-ring (bicyclic) bond motifs is 3. The predicted octanol–water partition coefficient (Wildman–Crippen LogP) is 2.79. The lowest BCUT2D eigenvalue weighted by atomic mass is 10.1. The lowest BCUT2D eigenvalue weighted by Crippen LogP contribution is -1.98. The van der Waals surface area contributed by atoms with Gasteiger partial charge in [-0.25, -0.2) is 0 Å². The minimum atomic E-state index is -0.664. The van der Waals surface area contributed by atoms with Crippen LogP contribution < -0.4 is 9.47 Å². The molecule has 0 bridgehead atoms. The SMILES string of the molecule is COc1cccc2c1[nH]c1c(C(C)O)ncc(OC)c12. The van der Waals surface area contributed by atoms with E-state index in [4.69, 9.17) is 9.47 Å². The fourth-order valence-electron chi connectivity index (χ4n) is 2.54. The van der Waals surface area contributed by atoms with E-state index in [1.165, 1.54) is 0 Å². The summed E-state index contributed by atoms with van der Waals surface area (Å²) in [5, 5.41) is 11.8. The topological polar surface area (TPSA) is 67.4 Å². The standard InChI is InChI=1S/C15H16N2O3/c1-8(18)13-15-12(11(20-3)7-16-13)9-5-4-6-10(19-2)14(9)17-15/h4-8,17-18H,1-3H3. The monoisotopic (exact) mass is 272 g/mol. The van der Waals surface area contributed by atoms with Crippen molar-refractivity contribution in [1.29, 1.82) is 0 Å². The van der Waals surface area contributed by atoms with Crippen molar-refractivity contribution in [3.8, 4) is 11.5 Å². The molecule has 0 amide bonds. The number of pyridine rings is 1. The third-order valence-electron chi connectivity index (χ3n) is 3.45. The number of nitrogens with one attached hydrogen (secondary N) is 1. The van der Waals surface area contributed by atoms with E-state index >= 15 is 0 Å². The van der Waals surface area contributed by atoms with E-state index in [-0.39, 0.29) is 0 Å². The molecular weight excluding hydrogens is 256 g/mol. The normalized spacial score (nSPS) is 12.8. The van der Waals surface area contributed by atoms with Gasteiger partial charge in [0.05, 0.1) is 48.6 Å². The van der Waals surface area contributed by atoms with Gasteiger partial charge in [0.25, 0.3) is 0 Å². The summed E-state index contributed by atoms with van der Waals surface area (Å²) in [6.07, 6.45) is 0.972. The molecule has 0 spiro atoms. The maximum absolute atomic E-state index is 9.88. The fraction of sp³-hybridized carbons (Fsp3) is 0.267. The van der Waals surface area contributed by atoms with E-state index < -0.39 is 6.10 Å². The highest BCUT2D eigenvalue weighted by atomic mass is 16.5. The van der Waals surface area contributed by atoms with Gasteiger partial charge in [-0.05, 0) is 13.0 Å². The van der Waals surface area contributed by atoms with Gasteiger partial charge in [-0.2, -0.15) is 0 Å². The van der Waals surface area contributed by atoms with Crippen LogP contribution in [0.2, 0.25) is 0 Å². The molecule has 3 aromatic rings. The number of rotatable bonds is 3. The first-order chi connectivity index (χ1) is 9.67. The number of nitrogens with zero attached hydrogens (tertiary/aromatic N) is 1. The van der Waals surface area contributed by atoms with Gasteiger partial charge in [0.2, 0.25) is 0 Å². The number of ether oxygens (including phenoxy) is 2. The number of methoxy groups -OCH3 is 2. The number of hydrogen-bond acceptors (Lipinski definition) is 4. The molecule has 0 radical (unpaired) electrons. The van der Waals surface area contributed by atoms with Crippen LogP contribution >= 0.6 is 0 Å². The van der Waals surface area contributed by atoms with Crippen LogP contribution in [0.3, 0.4) is 0 Å². The van der Waals surface area contributed by atoms with Crippen LogP contribution in [0.1, 0.15) is 18.7 Å². The highest BCUT2D eigenvalue weighted by Crippen LogP contribution is 2.38. The lowest BCUT2D eigenvalue weighted by molar-refractivity contribution is 0.196. The molecule has 0 saturated carbocycles. The van der Waals surface area contributed by atoms with Crippen molar-refractivity contribution in [1.82, 2.24) is 9.97 Å². The smallest absolute Gasteiger partial charge is 0.147 e. The first kappa shape index (κ1) is 12.7. The minimum absolute atomic E-state index is 0.596. The van der Waals surface area contributed by atoms with Crippen molar-refractivity contribution in [3.05, 3.63) is 30.1 Å². The molecule has 0 aliphatic rings. The Labute approximate surface area is 116 Å².